The summed E-state index contributed by atoms with van der Waals surface area (Å²) in [5, 5.41) is 9.65. The highest BCUT2D eigenvalue weighted by Crippen LogP contribution is 2.40. The van der Waals surface area contributed by atoms with Crippen molar-refractivity contribution in [1.29, 1.82) is 0 Å². The second-order valence-electron chi connectivity index (χ2n) is 5.45. The number of morpholine rings is 1. The maximum absolute atomic E-state index is 13.8. The van der Waals surface area contributed by atoms with Gasteiger partial charge < -0.3 is 9.84 Å². The maximum Gasteiger partial charge on any atom is 0.212 e. The van der Waals surface area contributed by atoms with Crippen LogP contribution in [-0.2, 0) is 11.2 Å². The third kappa shape index (κ3) is 2.35. The summed E-state index contributed by atoms with van der Waals surface area (Å²) in [5.74, 6) is 0.228. The quantitative estimate of drug-likeness (QED) is 0.892. The van der Waals surface area contributed by atoms with E-state index in [2.05, 4.69) is 11.8 Å². The Bertz CT molecular complexity index is 465. The number of phenolic OH excluding ortho intramolecular Hbond substituents is 1. The molecule has 1 heterocycles. The number of phenols is 1. The molecule has 3 atom stereocenters. The van der Waals surface area contributed by atoms with Crippen LogP contribution in [0.4, 0.5) is 4.39 Å². The van der Waals surface area contributed by atoms with Crippen LogP contribution in [-0.4, -0.2) is 35.5 Å². The number of aryl methyl sites for hydroxylation is 1. The van der Waals surface area contributed by atoms with E-state index in [1.165, 1.54) is 5.56 Å². The highest BCUT2D eigenvalue weighted by Gasteiger charge is 2.40. The van der Waals surface area contributed by atoms with Gasteiger partial charge in [-0.1, -0.05) is 13.0 Å². The van der Waals surface area contributed by atoms with Crippen LogP contribution >= 0.6 is 0 Å². The molecule has 0 spiro atoms. The second-order valence-corrected chi connectivity index (χ2v) is 5.45. The first-order chi connectivity index (χ1) is 9.19. The van der Waals surface area contributed by atoms with Gasteiger partial charge in [-0.15, -0.1) is 0 Å². The fourth-order valence-corrected chi connectivity index (χ4v) is 3.34. The van der Waals surface area contributed by atoms with Gasteiger partial charge in [-0.05, 0) is 49.1 Å². The van der Waals surface area contributed by atoms with E-state index in [0.717, 1.165) is 31.4 Å². The number of fused-ring (bicyclic) bond motifs is 3. The lowest BCUT2D eigenvalue weighted by molar-refractivity contribution is -0.177. The standard InChI is InChI=1S/C15H20FNO2/c1-2-7-17-9-14(16)19-15-12-8-11(18)5-3-10(12)4-6-13(15)17/h3,5,8,13-15,18H,2,4,6-7,9H2,1H3/t13-,14?,15-/m1/s1. The lowest BCUT2D eigenvalue weighted by atomic mass is 9.84. The van der Waals surface area contributed by atoms with Gasteiger partial charge in [0.1, 0.15) is 11.9 Å². The molecule has 1 aromatic rings. The van der Waals surface area contributed by atoms with E-state index in [9.17, 15) is 9.50 Å². The van der Waals surface area contributed by atoms with Crippen LogP contribution in [0.1, 0.15) is 37.0 Å². The summed E-state index contributed by atoms with van der Waals surface area (Å²) in [7, 11) is 0. The average Bonchev–Trinajstić information content (AvgIpc) is 2.39. The smallest absolute Gasteiger partial charge is 0.212 e. The minimum absolute atomic E-state index is 0.228. The Morgan fingerprint density at radius 1 is 1.47 bits per heavy atom. The van der Waals surface area contributed by atoms with Crippen molar-refractivity contribution in [3.05, 3.63) is 29.3 Å². The van der Waals surface area contributed by atoms with E-state index in [4.69, 9.17) is 4.74 Å². The SMILES string of the molecule is CCCN1CC(F)O[C@@H]2c3cc(O)ccc3CC[C@H]21. The fraction of sp³-hybridized carbons (Fsp3) is 0.600. The molecule has 1 unspecified atom stereocenters. The lowest BCUT2D eigenvalue weighted by Crippen LogP contribution is -2.51. The third-order valence-corrected chi connectivity index (χ3v) is 4.15. The van der Waals surface area contributed by atoms with Gasteiger partial charge >= 0.3 is 0 Å². The molecular weight excluding hydrogens is 245 g/mol. The summed E-state index contributed by atoms with van der Waals surface area (Å²) in [4.78, 5) is 2.20. The van der Waals surface area contributed by atoms with Crippen molar-refractivity contribution in [3.8, 4) is 5.75 Å². The first-order valence-corrected chi connectivity index (χ1v) is 7.04. The molecular formula is C15H20FNO2. The number of nitrogens with zero attached hydrogens (tertiary/aromatic N) is 1. The molecule has 0 amide bonds. The van der Waals surface area contributed by atoms with E-state index in [1.54, 1.807) is 12.1 Å². The van der Waals surface area contributed by atoms with Crippen molar-refractivity contribution < 1.29 is 14.2 Å². The number of rotatable bonds is 2. The summed E-state index contributed by atoms with van der Waals surface area (Å²) >= 11 is 0. The molecule has 1 aliphatic heterocycles. The molecule has 19 heavy (non-hydrogen) atoms. The minimum Gasteiger partial charge on any atom is -0.508 e. The first-order valence-electron chi connectivity index (χ1n) is 7.04. The Balaban J connectivity index is 1.93. The van der Waals surface area contributed by atoms with Crippen molar-refractivity contribution in [2.45, 2.75) is 44.7 Å². The van der Waals surface area contributed by atoms with Gasteiger partial charge in [-0.2, -0.15) is 0 Å². The van der Waals surface area contributed by atoms with Crippen LogP contribution in [0, 0.1) is 0 Å². The van der Waals surface area contributed by atoms with Crippen molar-refractivity contribution in [2.24, 2.45) is 0 Å². The highest BCUT2D eigenvalue weighted by atomic mass is 19.1. The van der Waals surface area contributed by atoms with Crippen LogP contribution in [0.15, 0.2) is 18.2 Å². The van der Waals surface area contributed by atoms with Crippen molar-refractivity contribution in [2.75, 3.05) is 13.1 Å². The monoisotopic (exact) mass is 265 g/mol. The van der Waals surface area contributed by atoms with Gasteiger partial charge in [0, 0.05) is 6.04 Å². The first kappa shape index (κ1) is 12.9. The Kier molecular flexibility index (Phi) is 3.46. The largest absolute Gasteiger partial charge is 0.508 e. The maximum atomic E-state index is 13.8. The lowest BCUT2D eigenvalue weighted by Gasteiger charge is -2.45. The van der Waals surface area contributed by atoms with Gasteiger partial charge in [0.15, 0.2) is 0 Å². The molecule has 104 valence electrons. The van der Waals surface area contributed by atoms with E-state index < -0.39 is 6.36 Å². The van der Waals surface area contributed by atoms with Crippen molar-refractivity contribution >= 4 is 0 Å². The van der Waals surface area contributed by atoms with E-state index in [0.29, 0.717) is 6.54 Å². The van der Waals surface area contributed by atoms with E-state index in [1.807, 2.05) is 6.07 Å². The molecule has 0 saturated carbocycles. The molecule has 0 bridgehead atoms. The number of halogens is 1. The Hall–Kier alpha value is -1.13. The van der Waals surface area contributed by atoms with Gasteiger partial charge in [-0.25, -0.2) is 4.39 Å². The molecule has 3 nitrogen and oxygen atoms in total. The molecule has 4 heteroatoms. The summed E-state index contributed by atoms with van der Waals surface area (Å²) in [6.07, 6.45) is 1.50. The Morgan fingerprint density at radius 3 is 3.11 bits per heavy atom. The molecule has 1 fully saturated rings. The molecule has 3 rings (SSSR count). The van der Waals surface area contributed by atoms with E-state index >= 15 is 0 Å². The molecule has 0 radical (unpaired) electrons. The van der Waals surface area contributed by atoms with Crippen LogP contribution in [0.3, 0.4) is 0 Å². The molecule has 1 aliphatic carbocycles. The topological polar surface area (TPSA) is 32.7 Å². The van der Waals surface area contributed by atoms with Crippen molar-refractivity contribution in [1.82, 2.24) is 4.90 Å². The predicted molar refractivity (Wildman–Crippen MR) is 70.8 cm³/mol. The summed E-state index contributed by atoms with van der Waals surface area (Å²) in [6.45, 7) is 3.38. The Morgan fingerprint density at radius 2 is 2.32 bits per heavy atom. The summed E-state index contributed by atoms with van der Waals surface area (Å²) in [6, 6.07) is 5.59. The zero-order valence-corrected chi connectivity index (χ0v) is 11.2. The number of ether oxygens (including phenoxy) is 1. The van der Waals surface area contributed by atoms with Crippen LogP contribution < -0.4 is 0 Å². The van der Waals surface area contributed by atoms with Crippen molar-refractivity contribution in [3.63, 3.8) is 0 Å². The summed E-state index contributed by atoms with van der Waals surface area (Å²) in [5.41, 5.74) is 2.13. The number of alkyl halides is 1. The summed E-state index contributed by atoms with van der Waals surface area (Å²) < 4.78 is 19.3. The van der Waals surface area contributed by atoms with Gasteiger partial charge in [0.05, 0.1) is 6.54 Å². The molecule has 1 N–H and O–H groups in total. The minimum atomic E-state index is -1.24. The van der Waals surface area contributed by atoms with E-state index in [-0.39, 0.29) is 17.9 Å². The molecule has 0 aromatic heterocycles. The van der Waals surface area contributed by atoms with Crippen LogP contribution in [0.25, 0.3) is 0 Å². The number of hydrogen-bond acceptors (Lipinski definition) is 3. The van der Waals surface area contributed by atoms with Gasteiger partial charge in [0.25, 0.3) is 0 Å². The van der Waals surface area contributed by atoms with Gasteiger partial charge in [0.2, 0.25) is 6.36 Å². The highest BCUT2D eigenvalue weighted by molar-refractivity contribution is 5.39. The molecule has 1 saturated heterocycles. The molecule has 2 aliphatic rings. The molecule has 1 aromatic carbocycles. The zero-order valence-electron chi connectivity index (χ0n) is 11.2. The number of aromatic hydroxyl groups is 1. The normalized spacial score (nSPS) is 30.7. The van der Waals surface area contributed by atoms with Crippen LogP contribution in [0.5, 0.6) is 5.75 Å². The fourth-order valence-electron chi connectivity index (χ4n) is 3.34. The van der Waals surface area contributed by atoms with Gasteiger partial charge in [-0.3, -0.25) is 4.90 Å². The third-order valence-electron chi connectivity index (χ3n) is 4.15. The number of hydrogen-bond donors (Lipinski definition) is 1. The predicted octanol–water partition coefficient (Wildman–Crippen LogP) is 2.79. The second kappa shape index (κ2) is 5.10. The Labute approximate surface area is 113 Å². The zero-order chi connectivity index (χ0) is 13.4. The average molecular weight is 265 g/mol. The number of benzene rings is 1. The van der Waals surface area contributed by atoms with Crippen LogP contribution in [0.2, 0.25) is 0 Å².